The van der Waals surface area contributed by atoms with Crippen LogP contribution in [0.1, 0.15) is 11.1 Å². The van der Waals surface area contributed by atoms with Crippen LogP contribution in [0.3, 0.4) is 0 Å². The second-order valence-corrected chi connectivity index (χ2v) is 7.78. The van der Waals surface area contributed by atoms with Crippen molar-refractivity contribution in [3.8, 4) is 11.1 Å². The van der Waals surface area contributed by atoms with Gasteiger partial charge < -0.3 is 4.57 Å². The molecule has 0 saturated carbocycles. The van der Waals surface area contributed by atoms with Gasteiger partial charge in [0.2, 0.25) is 0 Å². The average molecular weight is 242 g/mol. The molecule has 0 N–H and O–H groups in total. The fourth-order valence-electron chi connectivity index (χ4n) is 2.61. The van der Waals surface area contributed by atoms with E-state index in [9.17, 15) is 4.57 Å². The van der Waals surface area contributed by atoms with E-state index in [1.54, 1.807) is 0 Å². The van der Waals surface area contributed by atoms with Gasteiger partial charge in [0.1, 0.15) is 7.14 Å². The summed E-state index contributed by atoms with van der Waals surface area (Å²) in [6, 6.07) is 12.5. The summed E-state index contributed by atoms with van der Waals surface area (Å²) in [5.74, 6) is 0. The molecule has 0 spiro atoms. The quantitative estimate of drug-likeness (QED) is 0.648. The molecule has 0 aliphatic carbocycles. The smallest absolute Gasteiger partial charge is 0.141 e. The monoisotopic (exact) mass is 242 g/mol. The number of hydrogen-bond acceptors (Lipinski definition) is 1. The van der Waals surface area contributed by atoms with Gasteiger partial charge in [-0.1, -0.05) is 47.5 Å². The van der Waals surface area contributed by atoms with E-state index >= 15 is 0 Å². The van der Waals surface area contributed by atoms with E-state index in [4.69, 9.17) is 0 Å². The first kappa shape index (κ1) is 10.8. The van der Waals surface area contributed by atoms with E-state index in [-0.39, 0.29) is 0 Å². The minimum atomic E-state index is -2.36. The van der Waals surface area contributed by atoms with Crippen molar-refractivity contribution >= 4 is 17.8 Å². The average Bonchev–Trinajstić information content (AvgIpc) is 2.47. The molecule has 3 rings (SSSR count). The van der Waals surface area contributed by atoms with Crippen molar-refractivity contribution in [1.29, 1.82) is 0 Å². The lowest BCUT2D eigenvalue weighted by atomic mass is 10.0. The highest BCUT2D eigenvalue weighted by Gasteiger charge is 2.34. The molecule has 0 amide bonds. The normalized spacial score (nSPS) is 15.5. The summed E-state index contributed by atoms with van der Waals surface area (Å²) < 4.78 is 12.9. The lowest BCUT2D eigenvalue weighted by Crippen LogP contribution is -2.08. The number of fused-ring (bicyclic) bond motifs is 3. The van der Waals surface area contributed by atoms with Crippen LogP contribution >= 0.6 is 7.14 Å². The fourth-order valence-corrected chi connectivity index (χ4v) is 4.87. The maximum atomic E-state index is 12.9. The van der Waals surface area contributed by atoms with E-state index < -0.39 is 7.14 Å². The van der Waals surface area contributed by atoms with Gasteiger partial charge in [-0.2, -0.15) is 0 Å². The standard InChI is InChI=1S/C15H15OP/c1-10-4-6-14-12(8-10)13-9-11(2)5-7-15(13)17(14,3)16/h4-9H,1-3H3. The highest BCUT2D eigenvalue weighted by Crippen LogP contribution is 2.50. The Morgan fingerprint density at radius 3 is 1.65 bits per heavy atom. The predicted molar refractivity (Wildman–Crippen MR) is 74.2 cm³/mol. The zero-order valence-corrected chi connectivity index (χ0v) is 11.2. The predicted octanol–water partition coefficient (Wildman–Crippen LogP) is 3.23. The Morgan fingerprint density at radius 2 is 1.24 bits per heavy atom. The van der Waals surface area contributed by atoms with Gasteiger partial charge in [-0.15, -0.1) is 0 Å². The molecule has 0 unspecified atom stereocenters. The molecule has 2 aromatic carbocycles. The summed E-state index contributed by atoms with van der Waals surface area (Å²) in [7, 11) is -2.36. The molecule has 0 saturated heterocycles. The third-order valence-electron chi connectivity index (χ3n) is 3.51. The molecule has 0 aromatic heterocycles. The summed E-state index contributed by atoms with van der Waals surface area (Å²) in [4.78, 5) is 0. The maximum Gasteiger partial charge on any atom is 0.141 e. The summed E-state index contributed by atoms with van der Waals surface area (Å²) in [6.07, 6.45) is 0. The molecular formula is C15H15OP. The van der Waals surface area contributed by atoms with Crippen LogP contribution in [-0.2, 0) is 4.57 Å². The molecule has 1 heterocycles. The molecule has 17 heavy (non-hydrogen) atoms. The van der Waals surface area contributed by atoms with Crippen LogP contribution in [0.5, 0.6) is 0 Å². The van der Waals surface area contributed by atoms with Gasteiger partial charge in [0.05, 0.1) is 0 Å². The first-order valence-corrected chi connectivity index (χ1v) is 7.96. The molecule has 0 radical (unpaired) electrons. The van der Waals surface area contributed by atoms with E-state index in [0.717, 1.165) is 21.7 Å². The molecular weight excluding hydrogens is 227 g/mol. The van der Waals surface area contributed by atoms with Crippen LogP contribution in [0.15, 0.2) is 36.4 Å². The molecule has 1 nitrogen and oxygen atoms in total. The van der Waals surface area contributed by atoms with Crippen molar-refractivity contribution in [3.63, 3.8) is 0 Å². The van der Waals surface area contributed by atoms with Crippen LogP contribution in [0.2, 0.25) is 0 Å². The zero-order valence-electron chi connectivity index (χ0n) is 10.3. The Labute approximate surface area is 102 Å². The summed E-state index contributed by atoms with van der Waals surface area (Å²) in [5.41, 5.74) is 4.76. The minimum absolute atomic E-state index is 1.02. The lowest BCUT2D eigenvalue weighted by Gasteiger charge is -2.07. The van der Waals surface area contributed by atoms with Gasteiger partial charge in [0.15, 0.2) is 0 Å². The van der Waals surface area contributed by atoms with Crippen molar-refractivity contribution in [2.24, 2.45) is 0 Å². The highest BCUT2D eigenvalue weighted by atomic mass is 31.2. The minimum Gasteiger partial charge on any atom is -0.314 e. The van der Waals surface area contributed by atoms with Crippen LogP contribution in [0.4, 0.5) is 0 Å². The zero-order chi connectivity index (χ0) is 12.2. The Bertz CT molecular complexity index is 615. The Morgan fingerprint density at radius 1 is 0.824 bits per heavy atom. The Balaban J connectivity index is 2.44. The summed E-state index contributed by atoms with van der Waals surface area (Å²) in [5, 5.41) is 2.03. The Hall–Kier alpha value is -1.33. The van der Waals surface area contributed by atoms with Crippen LogP contribution in [0, 0.1) is 13.8 Å². The van der Waals surface area contributed by atoms with Gasteiger partial charge in [-0.25, -0.2) is 0 Å². The molecule has 1 aliphatic rings. The van der Waals surface area contributed by atoms with Crippen molar-refractivity contribution in [1.82, 2.24) is 0 Å². The molecule has 2 heteroatoms. The van der Waals surface area contributed by atoms with Gasteiger partial charge in [-0.05, 0) is 31.6 Å². The van der Waals surface area contributed by atoms with E-state index in [2.05, 4.69) is 26.0 Å². The summed E-state index contributed by atoms with van der Waals surface area (Å²) in [6.45, 7) is 6.03. The molecule has 0 fully saturated rings. The molecule has 0 atom stereocenters. The number of benzene rings is 2. The van der Waals surface area contributed by atoms with Crippen molar-refractivity contribution in [2.45, 2.75) is 13.8 Å². The second kappa shape index (κ2) is 3.34. The van der Waals surface area contributed by atoms with Crippen LogP contribution in [0.25, 0.3) is 11.1 Å². The maximum absolute atomic E-state index is 12.9. The number of rotatable bonds is 0. The first-order valence-electron chi connectivity index (χ1n) is 5.80. The lowest BCUT2D eigenvalue weighted by molar-refractivity contribution is 0.591. The van der Waals surface area contributed by atoms with Gasteiger partial charge in [0.25, 0.3) is 0 Å². The van der Waals surface area contributed by atoms with Crippen molar-refractivity contribution < 1.29 is 4.57 Å². The largest absolute Gasteiger partial charge is 0.314 e. The third kappa shape index (κ3) is 1.42. The topological polar surface area (TPSA) is 17.1 Å². The Kier molecular flexibility index (Phi) is 2.12. The fraction of sp³-hybridized carbons (Fsp3) is 0.200. The van der Waals surface area contributed by atoms with Crippen molar-refractivity contribution in [2.75, 3.05) is 6.66 Å². The number of hydrogen-bond donors (Lipinski definition) is 0. The molecule has 1 aliphatic heterocycles. The van der Waals surface area contributed by atoms with Crippen molar-refractivity contribution in [3.05, 3.63) is 47.5 Å². The van der Waals surface area contributed by atoms with Crippen LogP contribution < -0.4 is 10.6 Å². The van der Waals surface area contributed by atoms with Gasteiger partial charge >= 0.3 is 0 Å². The van der Waals surface area contributed by atoms with E-state index in [1.165, 1.54) is 11.1 Å². The SMILES string of the molecule is Cc1ccc2c(c1)-c1cc(C)ccc1P2(C)=O. The molecule has 0 bridgehead atoms. The third-order valence-corrected chi connectivity index (χ3v) is 6.13. The van der Waals surface area contributed by atoms with E-state index in [1.807, 2.05) is 30.9 Å². The second-order valence-electron chi connectivity index (χ2n) is 4.97. The molecule has 86 valence electrons. The van der Waals surface area contributed by atoms with Gasteiger partial charge in [-0.3, -0.25) is 0 Å². The van der Waals surface area contributed by atoms with E-state index in [0.29, 0.717) is 0 Å². The first-order chi connectivity index (χ1) is 8.00. The van der Waals surface area contributed by atoms with Gasteiger partial charge in [0, 0.05) is 10.6 Å². The summed E-state index contributed by atoms with van der Waals surface area (Å²) >= 11 is 0. The van der Waals surface area contributed by atoms with Crippen LogP contribution in [-0.4, -0.2) is 6.66 Å². The molecule has 2 aromatic rings. The highest BCUT2D eigenvalue weighted by molar-refractivity contribution is 7.79. The number of aryl methyl sites for hydroxylation is 2.